The van der Waals surface area contributed by atoms with Crippen LogP contribution in [0, 0.1) is 5.41 Å². The molecule has 0 saturated carbocycles. The van der Waals surface area contributed by atoms with Gasteiger partial charge in [0.05, 0.1) is 29.7 Å². The van der Waals surface area contributed by atoms with Crippen LogP contribution in [0.25, 0.3) is 22.1 Å². The number of ether oxygens (including phenoxy) is 2. The van der Waals surface area contributed by atoms with Gasteiger partial charge in [-0.15, -0.1) is 10.2 Å². The second-order valence-corrected chi connectivity index (χ2v) is 7.39. The number of allylic oxidation sites excluding steroid dienone is 1. The molecule has 0 aromatic carbocycles. The summed E-state index contributed by atoms with van der Waals surface area (Å²) in [5, 5.41) is 19.7. The van der Waals surface area contributed by atoms with Crippen molar-refractivity contribution in [3.63, 3.8) is 0 Å². The molecule has 170 valence electrons. The molecular formula is C23H25N7O3. The van der Waals surface area contributed by atoms with E-state index >= 15 is 0 Å². The highest BCUT2D eigenvalue weighted by molar-refractivity contribution is 6.08. The Morgan fingerprint density at radius 1 is 1.27 bits per heavy atom. The zero-order chi connectivity index (χ0) is 23.4. The number of nitrogens with zero attached hydrogens (tertiary/aromatic N) is 5. The van der Waals surface area contributed by atoms with Gasteiger partial charge in [0.25, 0.3) is 5.56 Å². The molecule has 10 heteroatoms. The minimum absolute atomic E-state index is 0.201. The number of hydrogen-bond acceptors (Lipinski definition) is 8. The zero-order valence-corrected chi connectivity index (χ0v) is 18.6. The fourth-order valence-corrected chi connectivity index (χ4v) is 3.60. The molecule has 10 nitrogen and oxygen atoms in total. The summed E-state index contributed by atoms with van der Waals surface area (Å²) in [4.78, 5) is 17.7. The molecule has 4 heterocycles. The Morgan fingerprint density at radius 2 is 2.12 bits per heavy atom. The number of pyridine rings is 3. The first kappa shape index (κ1) is 22.2. The second-order valence-electron chi connectivity index (χ2n) is 7.39. The van der Waals surface area contributed by atoms with Crippen LogP contribution < -0.4 is 15.6 Å². The normalized spacial score (nSPS) is 12.8. The van der Waals surface area contributed by atoms with Crippen molar-refractivity contribution in [2.45, 2.75) is 13.0 Å². The molecule has 0 amide bonds. The van der Waals surface area contributed by atoms with Gasteiger partial charge in [0.2, 0.25) is 0 Å². The van der Waals surface area contributed by atoms with Crippen LogP contribution in [0.2, 0.25) is 0 Å². The lowest BCUT2D eigenvalue weighted by atomic mass is 10.1. The Balaban J connectivity index is 1.75. The maximum Gasteiger partial charge on any atom is 0.260 e. The summed E-state index contributed by atoms with van der Waals surface area (Å²) in [5.41, 5.74) is 2.57. The van der Waals surface area contributed by atoms with Gasteiger partial charge in [-0.25, -0.2) is 0 Å². The highest BCUT2D eigenvalue weighted by Crippen LogP contribution is 2.21. The van der Waals surface area contributed by atoms with Crippen molar-refractivity contribution in [3.05, 3.63) is 70.8 Å². The van der Waals surface area contributed by atoms with Crippen molar-refractivity contribution in [2.75, 3.05) is 27.4 Å². The third-order valence-electron chi connectivity index (χ3n) is 5.32. The molecule has 2 N–H and O–H groups in total. The molecular weight excluding hydrogens is 422 g/mol. The molecule has 0 unspecified atom stereocenters. The maximum atomic E-state index is 13.3. The van der Waals surface area contributed by atoms with Crippen LogP contribution in [0.15, 0.2) is 53.9 Å². The molecule has 0 aliphatic rings. The summed E-state index contributed by atoms with van der Waals surface area (Å²) in [5.74, 6) is 1.11. The molecule has 0 aliphatic carbocycles. The van der Waals surface area contributed by atoms with Gasteiger partial charge in [0.1, 0.15) is 12.4 Å². The van der Waals surface area contributed by atoms with Crippen LogP contribution >= 0.6 is 0 Å². The minimum Gasteiger partial charge on any atom is -0.490 e. The quantitative estimate of drug-likeness (QED) is 0.298. The van der Waals surface area contributed by atoms with Crippen molar-refractivity contribution in [3.8, 4) is 5.75 Å². The van der Waals surface area contributed by atoms with Gasteiger partial charge in [0.15, 0.2) is 11.5 Å². The third kappa shape index (κ3) is 4.33. The minimum atomic E-state index is -0.401. The number of methoxy groups -OCH3 is 1. The van der Waals surface area contributed by atoms with E-state index in [4.69, 9.17) is 14.9 Å². The standard InChI is InChI=1S/C23H25N7O3/c1-15(22-28-27-21-5-4-16(14-30(21)22)17(11-24)12-25-2)29-7-6-20-19(23(29)31)10-18(13-26-20)33-9-8-32-3/h4-7,10-15,24-25H,8-9H2,1-3H3/b17-12+,24-11?/t15-/m0/s1. The Labute approximate surface area is 190 Å². The summed E-state index contributed by atoms with van der Waals surface area (Å²) < 4.78 is 14.1. The Kier molecular flexibility index (Phi) is 6.45. The van der Waals surface area contributed by atoms with E-state index in [0.717, 1.165) is 5.56 Å². The molecule has 0 bridgehead atoms. The van der Waals surface area contributed by atoms with Gasteiger partial charge in [0, 0.05) is 50.1 Å². The van der Waals surface area contributed by atoms with E-state index in [0.29, 0.717) is 46.9 Å². The predicted molar refractivity (Wildman–Crippen MR) is 126 cm³/mol. The summed E-state index contributed by atoms with van der Waals surface area (Å²) in [6, 6.07) is 6.81. The number of rotatable bonds is 9. The maximum absolute atomic E-state index is 13.3. The van der Waals surface area contributed by atoms with Crippen LogP contribution in [0.3, 0.4) is 0 Å². The summed E-state index contributed by atoms with van der Waals surface area (Å²) in [7, 11) is 3.38. The lowest BCUT2D eigenvalue weighted by Gasteiger charge is -2.15. The predicted octanol–water partition coefficient (Wildman–Crippen LogP) is 2.28. The number of aromatic nitrogens is 5. The number of fused-ring (bicyclic) bond motifs is 2. The molecule has 0 aliphatic heterocycles. The number of nitrogens with one attached hydrogen (secondary N) is 2. The lowest BCUT2D eigenvalue weighted by molar-refractivity contribution is 0.146. The van der Waals surface area contributed by atoms with E-state index in [-0.39, 0.29) is 5.56 Å². The van der Waals surface area contributed by atoms with E-state index in [1.54, 1.807) is 49.5 Å². The average Bonchev–Trinajstić information content (AvgIpc) is 3.26. The highest BCUT2D eigenvalue weighted by atomic mass is 16.5. The monoisotopic (exact) mass is 447 g/mol. The summed E-state index contributed by atoms with van der Waals surface area (Å²) >= 11 is 0. The first-order valence-corrected chi connectivity index (χ1v) is 10.4. The van der Waals surface area contributed by atoms with E-state index in [1.807, 2.05) is 29.7 Å². The second kappa shape index (κ2) is 9.61. The molecule has 4 aromatic rings. The zero-order valence-electron chi connectivity index (χ0n) is 18.6. The van der Waals surface area contributed by atoms with Crippen molar-refractivity contribution in [2.24, 2.45) is 0 Å². The van der Waals surface area contributed by atoms with Crippen molar-refractivity contribution >= 4 is 28.3 Å². The van der Waals surface area contributed by atoms with Crippen molar-refractivity contribution < 1.29 is 9.47 Å². The van der Waals surface area contributed by atoms with Gasteiger partial charge < -0.3 is 24.8 Å². The molecule has 1 atom stereocenters. The van der Waals surface area contributed by atoms with E-state index in [9.17, 15) is 4.79 Å². The number of hydrogen-bond donors (Lipinski definition) is 2. The van der Waals surface area contributed by atoms with E-state index in [1.165, 1.54) is 6.21 Å². The molecule has 33 heavy (non-hydrogen) atoms. The molecule has 0 saturated heterocycles. The molecule has 4 rings (SSSR count). The lowest BCUT2D eigenvalue weighted by Crippen LogP contribution is -2.25. The van der Waals surface area contributed by atoms with Gasteiger partial charge in [-0.05, 0) is 31.2 Å². The van der Waals surface area contributed by atoms with Gasteiger partial charge in [-0.3, -0.25) is 14.2 Å². The Bertz CT molecular complexity index is 1390. The molecule has 4 aromatic heterocycles. The Hall–Kier alpha value is -4.05. The smallest absolute Gasteiger partial charge is 0.260 e. The van der Waals surface area contributed by atoms with Crippen LogP contribution in [0.1, 0.15) is 24.4 Å². The van der Waals surface area contributed by atoms with Crippen LogP contribution in [-0.2, 0) is 4.74 Å². The summed E-state index contributed by atoms with van der Waals surface area (Å²) in [6.07, 6.45) is 8.19. The Morgan fingerprint density at radius 3 is 2.88 bits per heavy atom. The highest BCUT2D eigenvalue weighted by Gasteiger charge is 2.18. The van der Waals surface area contributed by atoms with Gasteiger partial charge in [-0.2, -0.15) is 0 Å². The molecule has 0 fully saturated rings. The molecule has 0 radical (unpaired) electrons. The fourth-order valence-electron chi connectivity index (χ4n) is 3.60. The fraction of sp³-hybridized carbons (Fsp3) is 0.261. The third-order valence-corrected chi connectivity index (χ3v) is 5.32. The van der Waals surface area contributed by atoms with Crippen LogP contribution in [0.5, 0.6) is 5.75 Å². The van der Waals surface area contributed by atoms with E-state index in [2.05, 4.69) is 20.5 Å². The SMILES string of the molecule is CN/C=C(\C=N)c1ccc2nnc([C@H](C)n3ccc4ncc(OCCOC)cc4c3=O)n2c1. The van der Waals surface area contributed by atoms with Crippen LogP contribution in [-0.4, -0.2) is 57.7 Å². The molecule has 0 spiro atoms. The van der Waals surface area contributed by atoms with Crippen LogP contribution in [0.4, 0.5) is 0 Å². The summed E-state index contributed by atoms with van der Waals surface area (Å²) in [6.45, 7) is 2.71. The largest absolute Gasteiger partial charge is 0.490 e. The topological polar surface area (TPSA) is 119 Å². The average molecular weight is 447 g/mol. The van der Waals surface area contributed by atoms with Crippen molar-refractivity contribution in [1.82, 2.24) is 29.5 Å². The first-order chi connectivity index (χ1) is 16.1. The van der Waals surface area contributed by atoms with Gasteiger partial charge >= 0.3 is 0 Å². The van der Waals surface area contributed by atoms with Crippen molar-refractivity contribution in [1.29, 1.82) is 5.41 Å². The van der Waals surface area contributed by atoms with Gasteiger partial charge in [-0.1, -0.05) is 0 Å². The van der Waals surface area contributed by atoms with E-state index < -0.39 is 6.04 Å². The first-order valence-electron chi connectivity index (χ1n) is 10.4.